The second-order valence-electron chi connectivity index (χ2n) is 20.9. The summed E-state index contributed by atoms with van der Waals surface area (Å²) in [5, 5.41) is 0. The van der Waals surface area contributed by atoms with E-state index in [4.69, 9.17) is 14.2 Å². The SMILES string of the molecule is CC/C=C\C/C=C\C/C=C\C/C=C\CCCCCCCCCCC(=O)OC(COC(=O)CCCCC/C=C\C/C=C\C/C=C\CC)COC(=O)CCCCCCCCCCCC/C=C\C/C=C\C/C=C\CCCCCCC. The van der Waals surface area contributed by atoms with Gasteiger partial charge < -0.3 is 14.2 Å². The van der Waals surface area contributed by atoms with E-state index in [1.54, 1.807) is 0 Å². The first kappa shape index (κ1) is 72.8. The van der Waals surface area contributed by atoms with Crippen LogP contribution in [0.25, 0.3) is 0 Å². The van der Waals surface area contributed by atoms with Crippen LogP contribution in [0.4, 0.5) is 0 Å². The van der Waals surface area contributed by atoms with Crippen molar-refractivity contribution in [2.75, 3.05) is 13.2 Å². The van der Waals surface area contributed by atoms with Gasteiger partial charge in [0, 0.05) is 19.3 Å². The largest absolute Gasteiger partial charge is 0.462 e. The molecule has 0 aliphatic rings. The van der Waals surface area contributed by atoms with E-state index in [0.717, 1.165) is 128 Å². The number of carbonyl (C=O) groups is 3. The van der Waals surface area contributed by atoms with E-state index in [9.17, 15) is 14.4 Å². The smallest absolute Gasteiger partial charge is 0.306 e. The molecule has 77 heavy (non-hydrogen) atoms. The highest BCUT2D eigenvalue weighted by Crippen LogP contribution is 2.15. The van der Waals surface area contributed by atoms with Gasteiger partial charge in [-0.25, -0.2) is 0 Å². The van der Waals surface area contributed by atoms with Gasteiger partial charge in [-0.1, -0.05) is 264 Å². The van der Waals surface area contributed by atoms with Gasteiger partial charge in [0.1, 0.15) is 13.2 Å². The van der Waals surface area contributed by atoms with Crippen molar-refractivity contribution >= 4 is 17.9 Å². The van der Waals surface area contributed by atoms with Crippen molar-refractivity contribution in [2.45, 2.75) is 297 Å². The first-order chi connectivity index (χ1) is 38.0. The van der Waals surface area contributed by atoms with Gasteiger partial charge in [0.2, 0.25) is 0 Å². The van der Waals surface area contributed by atoms with Crippen LogP contribution < -0.4 is 0 Å². The third-order valence-corrected chi connectivity index (χ3v) is 13.4. The fourth-order valence-corrected chi connectivity index (χ4v) is 8.69. The van der Waals surface area contributed by atoms with Crippen molar-refractivity contribution in [2.24, 2.45) is 0 Å². The highest BCUT2D eigenvalue weighted by molar-refractivity contribution is 5.71. The Bertz CT molecular complexity index is 1600. The molecule has 0 bridgehead atoms. The van der Waals surface area contributed by atoms with Crippen LogP contribution in [0.5, 0.6) is 0 Å². The van der Waals surface area contributed by atoms with Crippen molar-refractivity contribution in [1.82, 2.24) is 0 Å². The quantitative estimate of drug-likeness (QED) is 0.0261. The predicted octanol–water partition coefficient (Wildman–Crippen LogP) is 22.0. The van der Waals surface area contributed by atoms with Crippen molar-refractivity contribution < 1.29 is 28.6 Å². The Kier molecular flexibility index (Phi) is 60.8. The van der Waals surface area contributed by atoms with E-state index in [2.05, 4.69) is 142 Å². The Labute approximate surface area is 475 Å². The highest BCUT2D eigenvalue weighted by Gasteiger charge is 2.19. The van der Waals surface area contributed by atoms with Gasteiger partial charge in [-0.15, -0.1) is 0 Å². The molecule has 0 heterocycles. The van der Waals surface area contributed by atoms with Crippen LogP contribution >= 0.6 is 0 Å². The standard InChI is InChI=1S/C71H118O6/c1-4-7-10-13-16-19-22-25-27-29-31-33-34-35-36-38-39-41-43-46-49-52-55-58-61-64-70(73)76-67-68(66-75-69(72)63-60-57-54-51-48-45-24-21-18-15-12-9-6-3)77-71(74)65-62-59-56-53-50-47-44-42-40-37-32-30-28-26-23-20-17-14-11-8-5-2/h8-9,11-12,17-18,20-22,25-26,28-29,31-32,34-35,37,45,48,68H,4-7,10,13-16,19,23-24,27,30,33,36,38-44,46-47,49-67H2,1-3H3/b11-8-,12-9-,20-17-,21-18-,25-22-,28-26-,31-29-,35-34-,37-32-,48-45-. The lowest BCUT2D eigenvalue weighted by atomic mass is 10.1. The molecule has 0 saturated heterocycles. The number of unbranched alkanes of at least 4 members (excludes halogenated alkanes) is 26. The van der Waals surface area contributed by atoms with E-state index in [1.807, 2.05) is 0 Å². The Balaban J connectivity index is 4.37. The molecule has 0 aromatic heterocycles. The average Bonchev–Trinajstić information content (AvgIpc) is 3.43. The summed E-state index contributed by atoms with van der Waals surface area (Å²) in [5.41, 5.74) is 0. The molecule has 0 rings (SSSR count). The normalized spacial score (nSPS) is 12.9. The molecule has 0 saturated carbocycles. The molecule has 0 fully saturated rings. The Hall–Kier alpha value is -4.19. The summed E-state index contributed by atoms with van der Waals surface area (Å²) in [6.07, 6.45) is 89.2. The third kappa shape index (κ3) is 62.5. The lowest BCUT2D eigenvalue weighted by Crippen LogP contribution is -2.30. The van der Waals surface area contributed by atoms with Crippen LogP contribution in [0.1, 0.15) is 290 Å². The van der Waals surface area contributed by atoms with Crippen LogP contribution in [-0.4, -0.2) is 37.2 Å². The Morgan fingerprint density at radius 2 is 0.506 bits per heavy atom. The zero-order chi connectivity index (χ0) is 55.7. The first-order valence-electron chi connectivity index (χ1n) is 32.0. The summed E-state index contributed by atoms with van der Waals surface area (Å²) < 4.78 is 16.9. The lowest BCUT2D eigenvalue weighted by Gasteiger charge is -2.18. The molecule has 0 aromatic rings. The van der Waals surface area contributed by atoms with Gasteiger partial charge >= 0.3 is 17.9 Å². The number of hydrogen-bond donors (Lipinski definition) is 0. The molecule has 0 amide bonds. The summed E-state index contributed by atoms with van der Waals surface area (Å²) in [6.45, 7) is 6.38. The highest BCUT2D eigenvalue weighted by atomic mass is 16.6. The molecule has 0 aliphatic heterocycles. The molecule has 0 aliphatic carbocycles. The summed E-state index contributed by atoms with van der Waals surface area (Å²) in [6, 6.07) is 0. The molecule has 6 heteroatoms. The predicted molar refractivity (Wildman–Crippen MR) is 334 cm³/mol. The third-order valence-electron chi connectivity index (χ3n) is 13.4. The van der Waals surface area contributed by atoms with E-state index in [1.165, 1.54) is 122 Å². The second-order valence-corrected chi connectivity index (χ2v) is 20.9. The minimum Gasteiger partial charge on any atom is -0.462 e. The lowest BCUT2D eigenvalue weighted by molar-refractivity contribution is -0.167. The topological polar surface area (TPSA) is 78.9 Å². The summed E-state index contributed by atoms with van der Waals surface area (Å²) in [4.78, 5) is 38.3. The number of allylic oxidation sites excluding steroid dienone is 20. The molecule has 0 spiro atoms. The number of carbonyl (C=O) groups excluding carboxylic acids is 3. The minimum absolute atomic E-state index is 0.0951. The van der Waals surface area contributed by atoms with Crippen molar-refractivity contribution in [3.63, 3.8) is 0 Å². The van der Waals surface area contributed by atoms with Gasteiger partial charge in [-0.3, -0.25) is 14.4 Å². The number of hydrogen-bond acceptors (Lipinski definition) is 6. The number of esters is 3. The molecule has 0 aromatic carbocycles. The van der Waals surface area contributed by atoms with Gasteiger partial charge in [-0.05, 0) is 128 Å². The molecular weight excluding hydrogens is 949 g/mol. The number of rotatable bonds is 57. The monoisotopic (exact) mass is 1070 g/mol. The molecule has 1 atom stereocenters. The molecule has 438 valence electrons. The van der Waals surface area contributed by atoms with Crippen molar-refractivity contribution in [3.8, 4) is 0 Å². The van der Waals surface area contributed by atoms with Crippen LogP contribution in [0.3, 0.4) is 0 Å². The van der Waals surface area contributed by atoms with Gasteiger partial charge in [-0.2, -0.15) is 0 Å². The number of ether oxygens (including phenoxy) is 3. The average molecular weight is 1070 g/mol. The fourth-order valence-electron chi connectivity index (χ4n) is 8.69. The van der Waals surface area contributed by atoms with Crippen molar-refractivity contribution in [1.29, 1.82) is 0 Å². The Morgan fingerprint density at radius 1 is 0.273 bits per heavy atom. The summed E-state index contributed by atoms with van der Waals surface area (Å²) in [7, 11) is 0. The van der Waals surface area contributed by atoms with Crippen LogP contribution in [-0.2, 0) is 28.6 Å². The maximum Gasteiger partial charge on any atom is 0.306 e. The molecule has 6 nitrogen and oxygen atoms in total. The molecular formula is C71H118O6. The Morgan fingerprint density at radius 3 is 0.805 bits per heavy atom. The van der Waals surface area contributed by atoms with Crippen molar-refractivity contribution in [3.05, 3.63) is 122 Å². The van der Waals surface area contributed by atoms with Gasteiger partial charge in [0.15, 0.2) is 6.10 Å². The van der Waals surface area contributed by atoms with E-state index < -0.39 is 6.10 Å². The zero-order valence-corrected chi connectivity index (χ0v) is 50.2. The molecule has 0 radical (unpaired) electrons. The zero-order valence-electron chi connectivity index (χ0n) is 50.2. The van der Waals surface area contributed by atoms with Gasteiger partial charge in [0.25, 0.3) is 0 Å². The van der Waals surface area contributed by atoms with Crippen LogP contribution in [0, 0.1) is 0 Å². The molecule has 1 unspecified atom stereocenters. The maximum absolute atomic E-state index is 12.9. The maximum atomic E-state index is 12.9. The van der Waals surface area contributed by atoms with E-state index in [0.29, 0.717) is 19.3 Å². The van der Waals surface area contributed by atoms with E-state index in [-0.39, 0.29) is 31.1 Å². The second kappa shape index (κ2) is 64.3. The first-order valence-corrected chi connectivity index (χ1v) is 32.0. The van der Waals surface area contributed by atoms with Crippen LogP contribution in [0.2, 0.25) is 0 Å². The minimum atomic E-state index is -0.801. The van der Waals surface area contributed by atoms with Gasteiger partial charge in [0.05, 0.1) is 0 Å². The summed E-state index contributed by atoms with van der Waals surface area (Å²) in [5.74, 6) is -0.934. The molecule has 0 N–H and O–H groups in total. The summed E-state index contributed by atoms with van der Waals surface area (Å²) >= 11 is 0. The van der Waals surface area contributed by atoms with Crippen LogP contribution in [0.15, 0.2) is 122 Å². The fraction of sp³-hybridized carbons (Fsp3) is 0.676. The van der Waals surface area contributed by atoms with E-state index >= 15 is 0 Å².